The van der Waals surface area contributed by atoms with Gasteiger partial charge >= 0.3 is 16.3 Å². The van der Waals surface area contributed by atoms with Crippen LogP contribution >= 0.6 is 0 Å². The molecule has 6 nitrogen and oxygen atoms in total. The lowest BCUT2D eigenvalue weighted by molar-refractivity contribution is -0.137. The van der Waals surface area contributed by atoms with Crippen LogP contribution in [-0.2, 0) is 29.3 Å². The van der Waals surface area contributed by atoms with Crippen molar-refractivity contribution < 1.29 is 25.8 Å². The average Bonchev–Trinajstić information content (AvgIpc) is 3.25. The molecule has 0 aliphatic heterocycles. The first-order valence-electron chi connectivity index (χ1n) is 9.68. The molecule has 0 amide bonds. The van der Waals surface area contributed by atoms with Crippen molar-refractivity contribution in [2.75, 3.05) is 6.26 Å². The molecule has 0 fully saturated rings. The first-order chi connectivity index (χ1) is 15.5. The molecule has 0 spiro atoms. The number of nitrogens with zero attached hydrogens (tertiary/aromatic N) is 3. The van der Waals surface area contributed by atoms with Crippen LogP contribution in [0.3, 0.4) is 0 Å². The van der Waals surface area contributed by atoms with E-state index in [2.05, 4.69) is 21.1 Å². The second-order valence-electron chi connectivity index (χ2n) is 7.10. The third kappa shape index (κ3) is 6.86. The maximum Gasteiger partial charge on any atom is 0.417 e. The standard InChI is InChI=1S/C23H18F3N3O3S/c1-33(30,31)32-21-10-9-19(22(15-21)23(24,25)26)8-7-18-6-5-17(16-27)14-20(18)4-2-12-29-13-3-11-28-29/h3,5-6,9-11,13-15H,2,4,12H2,1H3. The molecule has 0 saturated heterocycles. The van der Waals surface area contributed by atoms with Gasteiger partial charge in [-0.05, 0) is 60.9 Å². The third-order valence-electron chi connectivity index (χ3n) is 4.50. The van der Waals surface area contributed by atoms with Gasteiger partial charge in [0.05, 0.1) is 23.5 Å². The van der Waals surface area contributed by atoms with E-state index < -0.39 is 27.6 Å². The van der Waals surface area contributed by atoms with E-state index in [4.69, 9.17) is 0 Å². The summed E-state index contributed by atoms with van der Waals surface area (Å²) < 4.78 is 69.5. The van der Waals surface area contributed by atoms with Gasteiger partial charge in [0, 0.05) is 30.1 Å². The van der Waals surface area contributed by atoms with Crippen molar-refractivity contribution in [3.05, 3.63) is 82.7 Å². The maximum atomic E-state index is 13.5. The van der Waals surface area contributed by atoms with Gasteiger partial charge in [-0.2, -0.15) is 31.9 Å². The van der Waals surface area contributed by atoms with E-state index >= 15 is 0 Å². The number of halogens is 3. The fourth-order valence-corrected chi connectivity index (χ4v) is 3.54. The third-order valence-corrected chi connectivity index (χ3v) is 5.00. The van der Waals surface area contributed by atoms with E-state index in [1.165, 1.54) is 0 Å². The van der Waals surface area contributed by atoms with E-state index in [0.717, 1.165) is 24.0 Å². The lowest BCUT2D eigenvalue weighted by atomic mass is 9.99. The molecular formula is C23H18F3N3O3S. The zero-order valence-electron chi connectivity index (χ0n) is 17.4. The molecule has 0 N–H and O–H groups in total. The maximum absolute atomic E-state index is 13.5. The summed E-state index contributed by atoms with van der Waals surface area (Å²) in [6.45, 7) is 0.636. The second kappa shape index (κ2) is 9.80. The molecule has 170 valence electrons. The molecule has 0 radical (unpaired) electrons. The van der Waals surface area contributed by atoms with Crippen molar-refractivity contribution in [2.24, 2.45) is 0 Å². The van der Waals surface area contributed by atoms with Crippen molar-refractivity contribution in [3.63, 3.8) is 0 Å². The molecule has 0 aliphatic carbocycles. The summed E-state index contributed by atoms with van der Waals surface area (Å²) >= 11 is 0. The van der Waals surface area contributed by atoms with Crippen LogP contribution in [0, 0.1) is 23.2 Å². The molecular weight excluding hydrogens is 455 g/mol. The molecule has 3 rings (SSSR count). The molecule has 3 aromatic rings. The molecule has 0 aliphatic rings. The highest BCUT2D eigenvalue weighted by Gasteiger charge is 2.34. The van der Waals surface area contributed by atoms with E-state index in [1.54, 1.807) is 35.1 Å². The van der Waals surface area contributed by atoms with Crippen LogP contribution < -0.4 is 4.18 Å². The Kier molecular flexibility index (Phi) is 7.10. The topological polar surface area (TPSA) is 85.0 Å². The second-order valence-corrected chi connectivity index (χ2v) is 8.67. The summed E-state index contributed by atoms with van der Waals surface area (Å²) in [6.07, 6.45) is 0.702. The minimum Gasteiger partial charge on any atom is -0.383 e. The Hall–Kier alpha value is -3.76. The van der Waals surface area contributed by atoms with Crippen LogP contribution in [0.5, 0.6) is 5.75 Å². The Balaban J connectivity index is 1.92. The number of rotatable bonds is 6. The van der Waals surface area contributed by atoms with Crippen LogP contribution in [-0.4, -0.2) is 24.5 Å². The summed E-state index contributed by atoms with van der Waals surface area (Å²) in [5.41, 5.74) is 0.228. The van der Waals surface area contributed by atoms with Crippen LogP contribution in [0.25, 0.3) is 0 Å². The molecule has 0 unspecified atom stereocenters. The first-order valence-corrected chi connectivity index (χ1v) is 11.5. The smallest absolute Gasteiger partial charge is 0.383 e. The van der Waals surface area contributed by atoms with E-state index in [9.17, 15) is 26.9 Å². The van der Waals surface area contributed by atoms with Crippen molar-refractivity contribution in [1.82, 2.24) is 9.78 Å². The minimum absolute atomic E-state index is 0.324. The Morgan fingerprint density at radius 3 is 2.48 bits per heavy atom. The molecule has 1 heterocycles. The Labute approximate surface area is 189 Å². The fraction of sp³-hybridized carbons (Fsp3) is 0.217. The van der Waals surface area contributed by atoms with Crippen LogP contribution in [0.2, 0.25) is 0 Å². The van der Waals surface area contributed by atoms with Crippen molar-refractivity contribution in [2.45, 2.75) is 25.6 Å². The minimum atomic E-state index is -4.77. The van der Waals surface area contributed by atoms with E-state index in [-0.39, 0.29) is 5.56 Å². The van der Waals surface area contributed by atoms with Gasteiger partial charge in [0.25, 0.3) is 0 Å². The number of nitriles is 1. The fourth-order valence-electron chi connectivity index (χ4n) is 3.08. The first kappa shape index (κ1) is 23.9. The highest BCUT2D eigenvalue weighted by Crippen LogP contribution is 2.34. The van der Waals surface area contributed by atoms with E-state index in [1.807, 2.05) is 12.3 Å². The Morgan fingerprint density at radius 2 is 1.85 bits per heavy atom. The van der Waals surface area contributed by atoms with Crippen LogP contribution in [0.4, 0.5) is 13.2 Å². The summed E-state index contributed by atoms with van der Waals surface area (Å²) in [5.74, 6) is 4.85. The predicted molar refractivity (Wildman–Crippen MR) is 115 cm³/mol. The van der Waals surface area contributed by atoms with Gasteiger partial charge in [0.1, 0.15) is 5.75 Å². The van der Waals surface area contributed by atoms with Gasteiger partial charge in [-0.1, -0.05) is 11.8 Å². The largest absolute Gasteiger partial charge is 0.417 e. The van der Waals surface area contributed by atoms with Gasteiger partial charge in [0.2, 0.25) is 0 Å². The zero-order valence-corrected chi connectivity index (χ0v) is 18.2. The van der Waals surface area contributed by atoms with Crippen molar-refractivity contribution in [1.29, 1.82) is 5.26 Å². The van der Waals surface area contributed by atoms with Gasteiger partial charge in [-0.3, -0.25) is 4.68 Å². The molecule has 0 bridgehead atoms. The molecule has 10 heteroatoms. The lowest BCUT2D eigenvalue weighted by Crippen LogP contribution is -2.10. The van der Waals surface area contributed by atoms with Crippen molar-refractivity contribution >= 4 is 10.1 Å². The zero-order chi connectivity index (χ0) is 24.1. The Morgan fingerprint density at radius 1 is 1.12 bits per heavy atom. The summed E-state index contributed by atoms with van der Waals surface area (Å²) in [7, 11) is -3.98. The lowest BCUT2D eigenvalue weighted by Gasteiger charge is -2.11. The number of aromatic nitrogens is 2. The van der Waals surface area contributed by atoms with Crippen LogP contribution in [0.1, 0.15) is 34.2 Å². The summed E-state index contributed by atoms with van der Waals surface area (Å²) in [5, 5.41) is 13.3. The highest BCUT2D eigenvalue weighted by atomic mass is 32.2. The predicted octanol–water partition coefficient (Wildman–Crippen LogP) is 4.14. The summed E-state index contributed by atoms with van der Waals surface area (Å²) in [4.78, 5) is 0. The quantitative estimate of drug-likeness (QED) is 0.397. The monoisotopic (exact) mass is 473 g/mol. The average molecular weight is 473 g/mol. The number of hydrogen-bond donors (Lipinski definition) is 0. The molecule has 0 atom stereocenters. The SMILES string of the molecule is CS(=O)(=O)Oc1ccc(C#Cc2ccc(C#N)cc2CCCn2cccn2)c(C(F)(F)F)c1. The number of aryl methyl sites for hydroxylation is 2. The highest BCUT2D eigenvalue weighted by molar-refractivity contribution is 7.86. The van der Waals surface area contributed by atoms with E-state index in [0.29, 0.717) is 36.6 Å². The van der Waals surface area contributed by atoms with Crippen LogP contribution in [0.15, 0.2) is 54.9 Å². The van der Waals surface area contributed by atoms with Gasteiger partial charge in [-0.25, -0.2) is 0 Å². The van der Waals surface area contributed by atoms with Gasteiger partial charge in [0.15, 0.2) is 0 Å². The molecule has 33 heavy (non-hydrogen) atoms. The van der Waals surface area contributed by atoms with Gasteiger partial charge in [-0.15, -0.1) is 0 Å². The molecule has 2 aromatic carbocycles. The Bertz CT molecular complexity index is 1350. The van der Waals surface area contributed by atoms with Gasteiger partial charge < -0.3 is 4.18 Å². The number of hydrogen-bond acceptors (Lipinski definition) is 5. The molecule has 0 saturated carbocycles. The van der Waals surface area contributed by atoms with Crippen molar-refractivity contribution in [3.8, 4) is 23.7 Å². The normalized spacial score (nSPS) is 11.4. The number of alkyl halides is 3. The molecule has 1 aromatic heterocycles. The summed E-state index contributed by atoms with van der Waals surface area (Å²) in [6, 6.07) is 11.5. The number of benzene rings is 2.